The summed E-state index contributed by atoms with van der Waals surface area (Å²) in [6.07, 6.45) is -6.32. The summed E-state index contributed by atoms with van der Waals surface area (Å²) >= 11 is 0. The van der Waals surface area contributed by atoms with Crippen molar-refractivity contribution in [2.75, 3.05) is 0 Å². The molecule has 0 aliphatic heterocycles. The maximum absolute atomic E-state index is 14.9. The molecule has 0 spiro atoms. The van der Waals surface area contributed by atoms with Gasteiger partial charge in [-0.2, -0.15) is 22.0 Å². The van der Waals surface area contributed by atoms with E-state index in [-0.39, 0.29) is 0 Å². The minimum absolute atomic E-state index is 0.306. The van der Waals surface area contributed by atoms with Crippen molar-refractivity contribution in [1.82, 2.24) is 0 Å². The minimum Gasteiger partial charge on any atom is -0.458 e. The molecule has 0 atom stereocenters. The van der Waals surface area contributed by atoms with Crippen molar-refractivity contribution in [1.29, 1.82) is 0 Å². The van der Waals surface area contributed by atoms with Gasteiger partial charge in [-0.1, -0.05) is 60.7 Å². The summed E-state index contributed by atoms with van der Waals surface area (Å²) in [5.41, 5.74) is -3.76. The van der Waals surface area contributed by atoms with Gasteiger partial charge in [-0.15, -0.1) is 0 Å². The van der Waals surface area contributed by atoms with Crippen molar-refractivity contribution >= 4 is 20.3 Å². The maximum Gasteiger partial charge on any atom is 0.457 e. The van der Waals surface area contributed by atoms with Crippen LogP contribution in [0.4, 0.5) is 22.0 Å². The van der Waals surface area contributed by atoms with Crippen LogP contribution < -0.4 is 0 Å². The fourth-order valence-corrected chi connectivity index (χ4v) is 4.01. The van der Waals surface area contributed by atoms with Gasteiger partial charge in [0.15, 0.2) is 8.32 Å². The number of ether oxygens (including phenoxy) is 2. The van der Waals surface area contributed by atoms with E-state index in [1.807, 2.05) is 0 Å². The summed E-state index contributed by atoms with van der Waals surface area (Å²) in [4.78, 5) is 25.7. The van der Waals surface area contributed by atoms with Crippen LogP contribution in [0, 0.1) is 0 Å². The molecule has 0 aliphatic rings. The lowest BCUT2D eigenvalue weighted by molar-refractivity contribution is -0.330. The Hall–Kier alpha value is -2.79. The molecule has 33 heavy (non-hydrogen) atoms. The Balaban J connectivity index is 2.51. The first kappa shape index (κ1) is 26.5. The second kappa shape index (κ2) is 10.00. The number of alkyl halides is 5. The smallest absolute Gasteiger partial charge is 0.457 e. The number of hydrogen-bond donors (Lipinski definition) is 0. The average molecular weight is 490 g/mol. The molecule has 2 rings (SSSR count). The third-order valence-corrected chi connectivity index (χ3v) is 5.18. The molecule has 0 radical (unpaired) electrons. The quantitative estimate of drug-likeness (QED) is 0.208. The van der Waals surface area contributed by atoms with Gasteiger partial charge in [0.1, 0.15) is 13.2 Å². The lowest BCUT2D eigenvalue weighted by Crippen LogP contribution is -2.70. The number of halogens is 5. The summed E-state index contributed by atoms with van der Waals surface area (Å²) in [6.45, 7) is 2.45. The average Bonchev–Trinajstić information content (AvgIpc) is 2.74. The summed E-state index contributed by atoms with van der Waals surface area (Å²) in [5.74, 6) is -10.3. The third-order valence-electron chi connectivity index (χ3n) is 4.26. The molecule has 0 saturated heterocycles. The van der Waals surface area contributed by atoms with Crippen LogP contribution >= 0.6 is 0 Å². The molecule has 2 aromatic rings. The summed E-state index contributed by atoms with van der Waals surface area (Å²) in [6, 6.07) is 15.3. The maximum atomic E-state index is 14.9. The third kappa shape index (κ3) is 6.17. The highest BCUT2D eigenvalue weighted by molar-refractivity contribution is 6.70. The highest BCUT2D eigenvalue weighted by Gasteiger charge is 2.80. The van der Waals surface area contributed by atoms with Crippen molar-refractivity contribution in [3.63, 3.8) is 0 Å². The normalized spacial score (nSPS) is 12.8. The number of carbonyl (C=O) groups excluding carboxylic acids is 2. The Morgan fingerprint density at radius 2 is 1.09 bits per heavy atom. The number of rotatable bonds is 9. The predicted molar refractivity (Wildman–Crippen MR) is 111 cm³/mol. The van der Waals surface area contributed by atoms with Gasteiger partial charge in [0, 0.05) is 0 Å². The number of benzene rings is 2. The first-order valence-electron chi connectivity index (χ1n) is 9.78. The Labute approximate surface area is 188 Å². The van der Waals surface area contributed by atoms with Crippen molar-refractivity contribution < 1.29 is 45.4 Å². The number of esters is 2. The van der Waals surface area contributed by atoms with Gasteiger partial charge in [0.25, 0.3) is 0 Å². The second-order valence-electron chi connectivity index (χ2n) is 8.09. The molecule has 0 amide bonds. The molecule has 0 saturated carbocycles. The molecule has 0 aliphatic carbocycles. The zero-order valence-corrected chi connectivity index (χ0v) is 19.1. The Kier molecular flexibility index (Phi) is 8.02. The fraction of sp³-hybridized carbons (Fsp3) is 0.364. The van der Waals surface area contributed by atoms with E-state index in [0.29, 0.717) is 11.1 Å². The predicted octanol–water partition coefficient (Wildman–Crippen LogP) is 5.26. The lowest BCUT2D eigenvalue weighted by atomic mass is 9.94. The Morgan fingerprint density at radius 3 is 1.39 bits per heavy atom. The van der Waals surface area contributed by atoms with Crippen LogP contribution in [0.1, 0.15) is 11.1 Å². The largest absolute Gasteiger partial charge is 0.458 e. The van der Waals surface area contributed by atoms with E-state index in [2.05, 4.69) is 0 Å². The Bertz CT molecular complexity index is 888. The standard InChI is InChI=1S/C22H23F5O5Si/c1-33(2,3)32-20(21(23,24)22(25,26)27,18(28)30-14-16-10-6-4-7-11-16)19(29)31-15-17-12-8-5-9-13-17/h4-13H,14-15H2,1-3H3. The van der Waals surface area contributed by atoms with Gasteiger partial charge in [-0.05, 0) is 30.8 Å². The molecule has 180 valence electrons. The van der Waals surface area contributed by atoms with Gasteiger partial charge in [0.2, 0.25) is 0 Å². The van der Waals surface area contributed by atoms with Gasteiger partial charge in [0.05, 0.1) is 0 Å². The van der Waals surface area contributed by atoms with E-state index >= 15 is 0 Å². The van der Waals surface area contributed by atoms with Gasteiger partial charge in [-0.3, -0.25) is 0 Å². The summed E-state index contributed by atoms with van der Waals surface area (Å²) in [5, 5.41) is 0. The van der Waals surface area contributed by atoms with Crippen LogP contribution in [0.5, 0.6) is 0 Å². The minimum atomic E-state index is -6.32. The van der Waals surface area contributed by atoms with E-state index in [4.69, 9.17) is 13.9 Å². The number of carbonyl (C=O) groups is 2. The molecule has 0 fully saturated rings. The van der Waals surface area contributed by atoms with E-state index in [1.165, 1.54) is 43.9 Å². The van der Waals surface area contributed by atoms with Crippen LogP contribution in [-0.2, 0) is 36.7 Å². The lowest BCUT2D eigenvalue weighted by Gasteiger charge is -2.40. The van der Waals surface area contributed by atoms with Crippen LogP contribution in [0.15, 0.2) is 60.7 Å². The monoisotopic (exact) mass is 490 g/mol. The zero-order chi connectivity index (χ0) is 24.9. The highest BCUT2D eigenvalue weighted by atomic mass is 28.4. The van der Waals surface area contributed by atoms with Gasteiger partial charge < -0.3 is 13.9 Å². The number of hydrogen-bond acceptors (Lipinski definition) is 5. The van der Waals surface area contributed by atoms with E-state index in [9.17, 15) is 31.5 Å². The molecule has 0 heterocycles. The van der Waals surface area contributed by atoms with Crippen LogP contribution in [0.2, 0.25) is 19.6 Å². The van der Waals surface area contributed by atoms with Crippen molar-refractivity contribution in [3.8, 4) is 0 Å². The molecule has 11 heteroatoms. The Morgan fingerprint density at radius 1 is 0.727 bits per heavy atom. The van der Waals surface area contributed by atoms with Crippen molar-refractivity contribution in [2.24, 2.45) is 0 Å². The molecule has 5 nitrogen and oxygen atoms in total. The molecule has 2 aromatic carbocycles. The van der Waals surface area contributed by atoms with E-state index in [1.54, 1.807) is 36.4 Å². The van der Waals surface area contributed by atoms with Crippen LogP contribution in [0.3, 0.4) is 0 Å². The van der Waals surface area contributed by atoms with E-state index in [0.717, 1.165) is 0 Å². The molecule has 0 unspecified atom stereocenters. The summed E-state index contributed by atoms with van der Waals surface area (Å²) in [7, 11) is -3.41. The highest BCUT2D eigenvalue weighted by Crippen LogP contribution is 2.48. The van der Waals surface area contributed by atoms with Crippen molar-refractivity contribution in [2.45, 2.75) is 50.6 Å². The molecule has 0 bridgehead atoms. The molecular weight excluding hydrogens is 467 g/mol. The van der Waals surface area contributed by atoms with E-state index < -0.39 is 51.2 Å². The topological polar surface area (TPSA) is 61.8 Å². The fourth-order valence-electron chi connectivity index (χ4n) is 2.80. The SMILES string of the molecule is C[Si](C)(C)OC(C(=O)OCc1ccccc1)(C(=O)OCc1ccccc1)C(F)(F)C(F)(F)F. The van der Waals surface area contributed by atoms with Gasteiger partial charge in [-0.25, -0.2) is 9.59 Å². The molecular formula is C22H23F5O5Si. The first-order chi connectivity index (χ1) is 15.2. The second-order valence-corrected chi connectivity index (χ2v) is 12.5. The first-order valence-corrected chi connectivity index (χ1v) is 13.2. The van der Waals surface area contributed by atoms with Crippen LogP contribution in [-0.4, -0.2) is 38.0 Å². The van der Waals surface area contributed by atoms with Gasteiger partial charge >= 0.3 is 29.6 Å². The zero-order valence-electron chi connectivity index (χ0n) is 18.1. The molecule has 0 aromatic heterocycles. The van der Waals surface area contributed by atoms with Crippen LogP contribution in [0.25, 0.3) is 0 Å². The summed E-state index contributed by atoms with van der Waals surface area (Å²) < 4.78 is 84.9. The van der Waals surface area contributed by atoms with Crippen molar-refractivity contribution in [3.05, 3.63) is 71.8 Å². The molecule has 0 N–H and O–H groups in total.